The molecule has 1 aromatic carbocycles. The van der Waals surface area contributed by atoms with Gasteiger partial charge < -0.3 is 15.6 Å². The molecule has 0 radical (unpaired) electrons. The van der Waals surface area contributed by atoms with Crippen molar-refractivity contribution in [1.82, 2.24) is 0 Å². The predicted octanol–water partition coefficient (Wildman–Crippen LogP) is 1.25. The average molecular weight is 240 g/mol. The second kappa shape index (κ2) is 7.24. The Balaban J connectivity index is 0.000000366. The van der Waals surface area contributed by atoms with Crippen molar-refractivity contribution >= 4 is 17.6 Å². The average Bonchev–Trinajstić information content (AvgIpc) is 2.29. The minimum Gasteiger partial charge on any atom is -0.473 e. The molecule has 0 heterocycles. The van der Waals surface area contributed by atoms with E-state index in [1.807, 2.05) is 12.1 Å². The van der Waals surface area contributed by atoms with E-state index in [0.29, 0.717) is 5.92 Å². The first kappa shape index (κ1) is 14.9. The van der Waals surface area contributed by atoms with Crippen LogP contribution in [-0.4, -0.2) is 22.2 Å². The molecule has 0 saturated heterocycles. The monoisotopic (exact) mass is 240 g/mol. The summed E-state index contributed by atoms with van der Waals surface area (Å²) in [6.07, 6.45) is 0. The standard InChI is InChI=1S/C9H14N2.C2H2O4/c1-7(2)8-4-3-5-9(6-8)11-10;3-1(4)2(5)6/h3-7,11H,10H2,1-2H3;(H,3,4)(H,5,6). The lowest BCUT2D eigenvalue weighted by Crippen LogP contribution is -2.09. The third-order valence-electron chi connectivity index (χ3n) is 1.90. The van der Waals surface area contributed by atoms with E-state index in [1.54, 1.807) is 0 Å². The molecular weight excluding hydrogens is 224 g/mol. The molecule has 0 fully saturated rings. The summed E-state index contributed by atoms with van der Waals surface area (Å²) in [7, 11) is 0. The van der Waals surface area contributed by atoms with E-state index in [-0.39, 0.29) is 0 Å². The summed E-state index contributed by atoms with van der Waals surface area (Å²) in [4.78, 5) is 18.2. The third kappa shape index (κ3) is 6.16. The van der Waals surface area contributed by atoms with Crippen molar-refractivity contribution < 1.29 is 19.8 Å². The van der Waals surface area contributed by atoms with Crippen LogP contribution >= 0.6 is 0 Å². The molecule has 6 nitrogen and oxygen atoms in total. The lowest BCUT2D eigenvalue weighted by molar-refractivity contribution is -0.159. The van der Waals surface area contributed by atoms with Gasteiger partial charge in [0.05, 0.1) is 0 Å². The van der Waals surface area contributed by atoms with Gasteiger partial charge in [0.15, 0.2) is 0 Å². The smallest absolute Gasteiger partial charge is 0.414 e. The zero-order chi connectivity index (χ0) is 13.4. The van der Waals surface area contributed by atoms with Crippen LogP contribution in [0.5, 0.6) is 0 Å². The number of anilines is 1. The fourth-order valence-corrected chi connectivity index (χ4v) is 0.988. The number of hydrogen-bond acceptors (Lipinski definition) is 4. The molecule has 0 spiro atoms. The van der Waals surface area contributed by atoms with Gasteiger partial charge in [0.2, 0.25) is 0 Å². The topological polar surface area (TPSA) is 113 Å². The van der Waals surface area contributed by atoms with Gasteiger partial charge in [0, 0.05) is 5.69 Å². The molecule has 0 aromatic heterocycles. The van der Waals surface area contributed by atoms with Crippen LogP contribution in [0.2, 0.25) is 0 Å². The maximum Gasteiger partial charge on any atom is 0.414 e. The number of nitrogens with two attached hydrogens (primary N) is 1. The first-order valence-corrected chi connectivity index (χ1v) is 4.91. The van der Waals surface area contributed by atoms with Gasteiger partial charge in [-0.15, -0.1) is 0 Å². The number of carbonyl (C=O) groups is 2. The minimum atomic E-state index is -1.82. The van der Waals surface area contributed by atoms with Crippen LogP contribution in [0.25, 0.3) is 0 Å². The first-order chi connectivity index (χ1) is 7.88. The van der Waals surface area contributed by atoms with E-state index < -0.39 is 11.9 Å². The Bertz CT molecular complexity index is 379. The molecule has 17 heavy (non-hydrogen) atoms. The Labute approximate surface area is 99.0 Å². The Morgan fingerprint density at radius 1 is 1.24 bits per heavy atom. The molecule has 0 atom stereocenters. The van der Waals surface area contributed by atoms with Crippen molar-refractivity contribution in [2.45, 2.75) is 19.8 Å². The van der Waals surface area contributed by atoms with E-state index in [0.717, 1.165) is 5.69 Å². The quantitative estimate of drug-likeness (QED) is 0.351. The highest BCUT2D eigenvalue weighted by molar-refractivity contribution is 6.27. The van der Waals surface area contributed by atoms with Crippen LogP contribution in [0.4, 0.5) is 5.69 Å². The Hall–Kier alpha value is -2.08. The van der Waals surface area contributed by atoms with Crippen molar-refractivity contribution in [3.05, 3.63) is 29.8 Å². The molecule has 1 rings (SSSR count). The van der Waals surface area contributed by atoms with Gasteiger partial charge in [-0.3, -0.25) is 5.84 Å². The van der Waals surface area contributed by atoms with E-state index in [4.69, 9.17) is 25.6 Å². The second-order valence-electron chi connectivity index (χ2n) is 3.53. The van der Waals surface area contributed by atoms with Crippen molar-refractivity contribution in [3.63, 3.8) is 0 Å². The predicted molar refractivity (Wildman–Crippen MR) is 63.6 cm³/mol. The molecule has 0 saturated carbocycles. The zero-order valence-electron chi connectivity index (χ0n) is 9.68. The van der Waals surface area contributed by atoms with Crippen LogP contribution in [-0.2, 0) is 9.59 Å². The highest BCUT2D eigenvalue weighted by Gasteiger charge is 2.04. The Morgan fingerprint density at radius 3 is 2.12 bits per heavy atom. The van der Waals surface area contributed by atoms with Crippen LogP contribution in [0.3, 0.4) is 0 Å². The maximum atomic E-state index is 9.10. The lowest BCUT2D eigenvalue weighted by Gasteiger charge is -2.06. The second-order valence-corrected chi connectivity index (χ2v) is 3.53. The largest absolute Gasteiger partial charge is 0.473 e. The van der Waals surface area contributed by atoms with E-state index in [2.05, 4.69) is 31.4 Å². The van der Waals surface area contributed by atoms with Crippen molar-refractivity contribution in [3.8, 4) is 0 Å². The number of aliphatic carboxylic acids is 2. The van der Waals surface area contributed by atoms with Gasteiger partial charge >= 0.3 is 11.9 Å². The molecule has 0 unspecified atom stereocenters. The molecule has 6 heteroatoms. The summed E-state index contributed by atoms with van der Waals surface area (Å²) in [5, 5.41) is 14.8. The van der Waals surface area contributed by atoms with Crippen LogP contribution in [0.15, 0.2) is 24.3 Å². The normalized spacial score (nSPS) is 9.18. The van der Waals surface area contributed by atoms with Crippen molar-refractivity contribution in [2.75, 3.05) is 5.43 Å². The number of carboxylic acids is 2. The summed E-state index contributed by atoms with van der Waals surface area (Å²) in [6, 6.07) is 8.12. The first-order valence-electron chi connectivity index (χ1n) is 4.91. The maximum absolute atomic E-state index is 9.10. The van der Waals surface area contributed by atoms with E-state index in [1.165, 1.54) is 5.56 Å². The van der Waals surface area contributed by atoms with Gasteiger partial charge in [-0.05, 0) is 23.6 Å². The molecular formula is C11H16N2O4. The zero-order valence-corrected chi connectivity index (χ0v) is 9.68. The van der Waals surface area contributed by atoms with Gasteiger partial charge in [-0.1, -0.05) is 26.0 Å². The summed E-state index contributed by atoms with van der Waals surface area (Å²) >= 11 is 0. The SMILES string of the molecule is CC(C)c1cccc(NN)c1.O=C(O)C(=O)O. The summed E-state index contributed by atoms with van der Waals surface area (Å²) in [5.74, 6) is 2.18. The number of rotatable bonds is 2. The number of benzene rings is 1. The van der Waals surface area contributed by atoms with Crippen LogP contribution < -0.4 is 11.3 Å². The molecule has 0 aliphatic heterocycles. The van der Waals surface area contributed by atoms with Gasteiger partial charge in [-0.25, -0.2) is 9.59 Å². The minimum absolute atomic E-state index is 0.559. The van der Waals surface area contributed by atoms with Crippen molar-refractivity contribution in [1.29, 1.82) is 0 Å². The van der Waals surface area contributed by atoms with Crippen molar-refractivity contribution in [2.24, 2.45) is 5.84 Å². The Kier molecular flexibility index (Phi) is 6.35. The molecule has 0 amide bonds. The number of nitrogens with one attached hydrogen (secondary N) is 1. The van der Waals surface area contributed by atoms with E-state index >= 15 is 0 Å². The number of nitrogen functional groups attached to an aromatic ring is 1. The number of carboxylic acid groups (broad SMARTS) is 2. The molecule has 0 aliphatic carbocycles. The van der Waals surface area contributed by atoms with Gasteiger partial charge in [-0.2, -0.15) is 0 Å². The Morgan fingerprint density at radius 2 is 1.76 bits per heavy atom. The van der Waals surface area contributed by atoms with Gasteiger partial charge in [0.1, 0.15) is 0 Å². The number of hydrazine groups is 1. The fraction of sp³-hybridized carbons (Fsp3) is 0.273. The fourth-order valence-electron chi connectivity index (χ4n) is 0.988. The third-order valence-corrected chi connectivity index (χ3v) is 1.90. The molecule has 94 valence electrons. The highest BCUT2D eigenvalue weighted by Crippen LogP contribution is 2.17. The summed E-state index contributed by atoms with van der Waals surface area (Å²) < 4.78 is 0. The van der Waals surface area contributed by atoms with Crippen LogP contribution in [0, 0.1) is 0 Å². The molecule has 0 aliphatic rings. The summed E-state index contributed by atoms with van der Waals surface area (Å²) in [5.41, 5.74) is 4.90. The highest BCUT2D eigenvalue weighted by atomic mass is 16.4. The van der Waals surface area contributed by atoms with Gasteiger partial charge in [0.25, 0.3) is 0 Å². The van der Waals surface area contributed by atoms with E-state index in [9.17, 15) is 0 Å². The van der Waals surface area contributed by atoms with Crippen LogP contribution in [0.1, 0.15) is 25.3 Å². The lowest BCUT2D eigenvalue weighted by atomic mass is 10.0. The summed E-state index contributed by atoms with van der Waals surface area (Å²) in [6.45, 7) is 4.32. The molecule has 5 N–H and O–H groups in total. The number of hydrogen-bond donors (Lipinski definition) is 4. The molecule has 0 bridgehead atoms. The molecule has 1 aromatic rings.